The Morgan fingerprint density at radius 1 is 1.53 bits per heavy atom. The number of hydrogen-bond acceptors (Lipinski definition) is 1. The number of Topliss-reactive ketones (excluding diaryl/α,β-unsaturated/α-hetero) is 1. The van der Waals surface area contributed by atoms with Gasteiger partial charge in [-0.1, -0.05) is 39.0 Å². The Hall–Kier alpha value is -0.850. The molecule has 84 valence electrons. The van der Waals surface area contributed by atoms with Gasteiger partial charge >= 0.3 is 0 Å². The Kier molecular flexibility index (Phi) is 3.54. The Morgan fingerprint density at radius 3 is 2.60 bits per heavy atom. The van der Waals surface area contributed by atoms with E-state index in [1.807, 2.05) is 6.92 Å². The molecule has 0 heterocycles. The molecule has 1 atom stereocenters. The minimum Gasteiger partial charge on any atom is -0.299 e. The Labute approximate surface area is 93.3 Å². The third-order valence-electron chi connectivity index (χ3n) is 3.45. The number of allylic oxidation sites excluding steroid dienone is 3. The second kappa shape index (κ2) is 4.34. The molecule has 0 aromatic heterocycles. The zero-order chi connectivity index (χ0) is 11.6. The fraction of sp³-hybridized carbons (Fsp3) is 0.643. The molecule has 1 rings (SSSR count). The molecule has 15 heavy (non-hydrogen) atoms. The minimum atomic E-state index is 0.0223. The van der Waals surface area contributed by atoms with Crippen molar-refractivity contribution in [2.24, 2.45) is 11.3 Å². The molecule has 0 spiro atoms. The lowest BCUT2D eigenvalue weighted by atomic mass is 9.70. The van der Waals surface area contributed by atoms with Crippen LogP contribution in [0.2, 0.25) is 0 Å². The predicted octanol–water partition coefficient (Wildman–Crippen LogP) is 3.90. The number of carbonyl (C=O) groups excluding carboxylic acids is 1. The normalized spacial score (nSPS) is 25.3. The van der Waals surface area contributed by atoms with Crippen LogP contribution >= 0.6 is 0 Å². The number of carbonyl (C=O) groups is 1. The lowest BCUT2D eigenvalue weighted by Crippen LogP contribution is -2.22. The first-order valence-electron chi connectivity index (χ1n) is 5.75. The molecular formula is C14H22O. The van der Waals surface area contributed by atoms with Gasteiger partial charge in [-0.3, -0.25) is 4.79 Å². The first-order chi connectivity index (χ1) is 6.84. The summed E-state index contributed by atoms with van der Waals surface area (Å²) in [5, 5.41) is 0. The van der Waals surface area contributed by atoms with Crippen molar-refractivity contribution >= 4 is 5.78 Å². The molecule has 0 aromatic rings. The number of ketones is 1. The zero-order valence-corrected chi connectivity index (χ0v) is 10.4. The van der Waals surface area contributed by atoms with Crippen LogP contribution in [0.25, 0.3) is 0 Å². The lowest BCUT2D eigenvalue weighted by Gasteiger charge is -2.35. The zero-order valence-electron chi connectivity index (χ0n) is 10.4. The smallest absolute Gasteiger partial charge is 0.136 e. The maximum atomic E-state index is 11.3. The summed E-state index contributed by atoms with van der Waals surface area (Å²) < 4.78 is 0. The van der Waals surface area contributed by atoms with Crippen molar-refractivity contribution in [3.05, 3.63) is 23.8 Å². The van der Waals surface area contributed by atoms with Gasteiger partial charge in [0.05, 0.1) is 0 Å². The molecule has 1 fully saturated rings. The van der Waals surface area contributed by atoms with Gasteiger partial charge in [-0.25, -0.2) is 0 Å². The van der Waals surface area contributed by atoms with Crippen LogP contribution in [0.3, 0.4) is 0 Å². The van der Waals surface area contributed by atoms with E-state index in [-0.39, 0.29) is 17.1 Å². The molecule has 1 nitrogen and oxygen atoms in total. The summed E-state index contributed by atoms with van der Waals surface area (Å²) in [4.78, 5) is 11.3. The van der Waals surface area contributed by atoms with Gasteiger partial charge in [-0.05, 0) is 37.2 Å². The number of hydrogen-bond donors (Lipinski definition) is 0. The summed E-state index contributed by atoms with van der Waals surface area (Å²) in [6, 6.07) is 0. The molecule has 0 bridgehead atoms. The van der Waals surface area contributed by atoms with Crippen molar-refractivity contribution in [2.75, 3.05) is 0 Å². The molecule has 0 aliphatic heterocycles. The van der Waals surface area contributed by atoms with Crippen molar-refractivity contribution < 1.29 is 4.79 Å². The van der Waals surface area contributed by atoms with Gasteiger partial charge in [0.2, 0.25) is 0 Å². The molecular weight excluding hydrogens is 184 g/mol. The first-order valence-corrected chi connectivity index (χ1v) is 5.75. The van der Waals surface area contributed by atoms with Crippen molar-refractivity contribution in [1.29, 1.82) is 0 Å². The maximum absolute atomic E-state index is 11.3. The average Bonchev–Trinajstić information content (AvgIpc) is 2.10. The fourth-order valence-corrected chi connectivity index (χ4v) is 2.20. The summed E-state index contributed by atoms with van der Waals surface area (Å²) in [5.74, 6) is 0.255. The van der Waals surface area contributed by atoms with Gasteiger partial charge in [0, 0.05) is 5.92 Å². The van der Waals surface area contributed by atoms with E-state index in [0.29, 0.717) is 0 Å². The van der Waals surface area contributed by atoms with Gasteiger partial charge in [-0.15, -0.1) is 0 Å². The first kappa shape index (κ1) is 12.2. The topological polar surface area (TPSA) is 17.1 Å². The molecule has 0 aromatic carbocycles. The van der Waals surface area contributed by atoms with Crippen molar-refractivity contribution in [2.45, 2.75) is 47.0 Å². The molecule has 1 heteroatoms. The Bertz CT molecular complexity index is 307. The van der Waals surface area contributed by atoms with Gasteiger partial charge in [0.15, 0.2) is 0 Å². The number of rotatable bonds is 2. The molecule has 1 saturated carbocycles. The fourth-order valence-electron chi connectivity index (χ4n) is 2.20. The van der Waals surface area contributed by atoms with E-state index in [0.717, 1.165) is 6.42 Å². The molecule has 0 amide bonds. The van der Waals surface area contributed by atoms with Gasteiger partial charge in [-0.2, -0.15) is 0 Å². The van der Waals surface area contributed by atoms with Crippen LogP contribution in [0.15, 0.2) is 23.8 Å². The molecule has 0 N–H and O–H groups in total. The second-order valence-electron chi connectivity index (χ2n) is 5.32. The Balaban J connectivity index is 2.97. The monoisotopic (exact) mass is 206 g/mol. The van der Waals surface area contributed by atoms with E-state index < -0.39 is 0 Å². The maximum Gasteiger partial charge on any atom is 0.136 e. The molecule has 1 aliphatic rings. The van der Waals surface area contributed by atoms with E-state index in [9.17, 15) is 4.79 Å². The summed E-state index contributed by atoms with van der Waals surface area (Å²) in [7, 11) is 0. The van der Waals surface area contributed by atoms with Crippen LogP contribution in [-0.2, 0) is 4.79 Å². The summed E-state index contributed by atoms with van der Waals surface area (Å²) >= 11 is 0. The highest BCUT2D eigenvalue weighted by Crippen LogP contribution is 2.42. The average molecular weight is 206 g/mol. The minimum absolute atomic E-state index is 0.0223. The van der Waals surface area contributed by atoms with E-state index in [1.165, 1.54) is 24.0 Å². The standard InChI is InChI=1S/C14H22O/c1-10-7-6-8-14(4,5)13(10)9-11(2)12(3)15/h9,11H,1,6-8H2,2-5H3/b13-9-. The summed E-state index contributed by atoms with van der Waals surface area (Å²) in [6.07, 6.45) is 5.61. The SMILES string of the molecule is C=C1CCCC(C)(C)/C1=C\C(C)C(C)=O. The van der Waals surface area contributed by atoms with Crippen LogP contribution in [-0.4, -0.2) is 5.78 Å². The summed E-state index contributed by atoms with van der Waals surface area (Å²) in [6.45, 7) is 12.2. The quantitative estimate of drug-likeness (QED) is 0.669. The Morgan fingerprint density at radius 2 is 2.13 bits per heavy atom. The van der Waals surface area contributed by atoms with E-state index in [4.69, 9.17) is 0 Å². The van der Waals surface area contributed by atoms with E-state index >= 15 is 0 Å². The van der Waals surface area contributed by atoms with Gasteiger partial charge < -0.3 is 0 Å². The predicted molar refractivity (Wildman–Crippen MR) is 64.7 cm³/mol. The van der Waals surface area contributed by atoms with Crippen molar-refractivity contribution in [3.8, 4) is 0 Å². The second-order valence-corrected chi connectivity index (χ2v) is 5.32. The third-order valence-corrected chi connectivity index (χ3v) is 3.45. The van der Waals surface area contributed by atoms with Gasteiger partial charge in [0.25, 0.3) is 0 Å². The van der Waals surface area contributed by atoms with Crippen molar-refractivity contribution in [3.63, 3.8) is 0 Å². The van der Waals surface area contributed by atoms with Gasteiger partial charge in [0.1, 0.15) is 5.78 Å². The van der Waals surface area contributed by atoms with E-state index in [2.05, 4.69) is 26.5 Å². The highest BCUT2D eigenvalue weighted by Gasteiger charge is 2.29. The lowest BCUT2D eigenvalue weighted by molar-refractivity contribution is -0.118. The van der Waals surface area contributed by atoms with E-state index in [1.54, 1.807) is 6.92 Å². The molecule has 1 unspecified atom stereocenters. The highest BCUT2D eigenvalue weighted by molar-refractivity contribution is 5.80. The van der Waals surface area contributed by atoms with Crippen LogP contribution in [0, 0.1) is 11.3 Å². The van der Waals surface area contributed by atoms with Crippen LogP contribution in [0.1, 0.15) is 47.0 Å². The molecule has 0 saturated heterocycles. The molecule has 1 aliphatic carbocycles. The van der Waals surface area contributed by atoms with Crippen LogP contribution in [0.4, 0.5) is 0 Å². The molecule has 0 radical (unpaired) electrons. The van der Waals surface area contributed by atoms with Crippen LogP contribution < -0.4 is 0 Å². The largest absolute Gasteiger partial charge is 0.299 e. The summed E-state index contributed by atoms with van der Waals surface area (Å²) in [5.41, 5.74) is 2.72. The van der Waals surface area contributed by atoms with Crippen LogP contribution in [0.5, 0.6) is 0 Å². The highest BCUT2D eigenvalue weighted by atomic mass is 16.1. The van der Waals surface area contributed by atoms with Crippen molar-refractivity contribution in [1.82, 2.24) is 0 Å². The third kappa shape index (κ3) is 2.80.